The zero-order chi connectivity index (χ0) is 20.4. The Balaban J connectivity index is 1.90. The lowest BCUT2D eigenvalue weighted by Crippen LogP contribution is -2.27. The molecular weight excluding hydrogens is 536 g/mol. The van der Waals surface area contributed by atoms with Crippen molar-refractivity contribution < 1.29 is 19.1 Å². The number of rotatable bonds is 5. The van der Waals surface area contributed by atoms with Crippen molar-refractivity contribution >= 4 is 74.8 Å². The lowest BCUT2D eigenvalue weighted by molar-refractivity contribution is -0.123. The number of methoxy groups -OCH3 is 2. The molecule has 1 aliphatic rings. The molecule has 146 valence electrons. The van der Waals surface area contributed by atoms with E-state index in [9.17, 15) is 9.59 Å². The first-order valence-electron chi connectivity index (χ1n) is 7.95. The van der Waals surface area contributed by atoms with E-state index in [0.717, 1.165) is 25.8 Å². The van der Waals surface area contributed by atoms with Gasteiger partial charge in [-0.05, 0) is 70.3 Å². The van der Waals surface area contributed by atoms with Crippen LogP contribution in [0.3, 0.4) is 0 Å². The average molecular weight is 550 g/mol. The maximum atomic E-state index is 12.8. The molecule has 0 spiro atoms. The molecule has 2 amide bonds. The van der Waals surface area contributed by atoms with E-state index < -0.39 is 5.91 Å². The zero-order valence-electron chi connectivity index (χ0n) is 14.8. The Bertz CT molecular complexity index is 976. The molecule has 1 aliphatic heterocycles. The number of imide groups is 1. The summed E-state index contributed by atoms with van der Waals surface area (Å²) in [6.45, 7) is 0.0178. The van der Waals surface area contributed by atoms with Crippen LogP contribution in [0, 0.1) is 3.57 Å². The number of carbonyl (C=O) groups excluding carboxylic acids is 2. The SMILES string of the molecule is COc1cc(/C=C2/SC(=O)N(Cc3c(Cl)cccc3Cl)C2=O)cc(I)c1OC. The van der Waals surface area contributed by atoms with Gasteiger partial charge in [-0.15, -0.1) is 0 Å². The van der Waals surface area contributed by atoms with Crippen molar-refractivity contribution in [1.29, 1.82) is 0 Å². The predicted octanol–water partition coefficient (Wildman–Crippen LogP) is 5.85. The van der Waals surface area contributed by atoms with Crippen molar-refractivity contribution in [2.75, 3.05) is 14.2 Å². The summed E-state index contributed by atoms with van der Waals surface area (Å²) < 4.78 is 11.5. The monoisotopic (exact) mass is 549 g/mol. The minimum atomic E-state index is -0.393. The Labute approximate surface area is 190 Å². The summed E-state index contributed by atoms with van der Waals surface area (Å²) in [6.07, 6.45) is 1.66. The predicted molar refractivity (Wildman–Crippen MR) is 120 cm³/mol. The molecule has 1 saturated heterocycles. The zero-order valence-corrected chi connectivity index (χ0v) is 19.3. The van der Waals surface area contributed by atoms with Crippen molar-refractivity contribution in [3.8, 4) is 11.5 Å². The normalized spacial score (nSPS) is 15.5. The standard InChI is InChI=1S/C19H14Cl2INO4S/c1-26-15-7-10(6-14(22)17(15)27-2)8-16-18(24)23(19(25)28-16)9-11-12(20)4-3-5-13(11)21/h3-8H,9H2,1-2H3/b16-8+. The number of halogens is 3. The summed E-state index contributed by atoms with van der Waals surface area (Å²) in [4.78, 5) is 26.6. The number of nitrogens with zero attached hydrogens (tertiary/aromatic N) is 1. The minimum Gasteiger partial charge on any atom is -0.493 e. The summed E-state index contributed by atoms with van der Waals surface area (Å²) >= 11 is 15.3. The largest absolute Gasteiger partial charge is 0.493 e. The molecule has 2 aromatic rings. The maximum absolute atomic E-state index is 12.8. The molecule has 1 fully saturated rings. The van der Waals surface area contributed by atoms with Crippen LogP contribution in [0.1, 0.15) is 11.1 Å². The summed E-state index contributed by atoms with van der Waals surface area (Å²) in [6, 6.07) is 8.65. The van der Waals surface area contributed by atoms with Crippen LogP contribution in [0.25, 0.3) is 6.08 Å². The van der Waals surface area contributed by atoms with Gasteiger partial charge in [0.05, 0.1) is 29.2 Å². The minimum absolute atomic E-state index is 0.0178. The van der Waals surface area contributed by atoms with E-state index in [1.165, 1.54) is 0 Å². The summed E-state index contributed by atoms with van der Waals surface area (Å²) in [5.74, 6) is 0.764. The molecular formula is C19H14Cl2INO4S. The van der Waals surface area contributed by atoms with Gasteiger partial charge in [0.25, 0.3) is 11.1 Å². The average Bonchev–Trinajstić information content (AvgIpc) is 2.91. The first kappa shape index (κ1) is 21.3. The number of hydrogen-bond acceptors (Lipinski definition) is 5. The van der Waals surface area contributed by atoms with E-state index in [1.54, 1.807) is 44.6 Å². The van der Waals surface area contributed by atoms with Gasteiger partial charge in [0.15, 0.2) is 11.5 Å². The quantitative estimate of drug-likeness (QED) is 0.346. The number of ether oxygens (including phenoxy) is 2. The van der Waals surface area contributed by atoms with Crippen LogP contribution in [0.15, 0.2) is 35.2 Å². The van der Waals surface area contributed by atoms with Crippen LogP contribution in [-0.2, 0) is 11.3 Å². The molecule has 5 nitrogen and oxygen atoms in total. The van der Waals surface area contributed by atoms with E-state index in [-0.39, 0.29) is 11.8 Å². The second kappa shape index (κ2) is 8.94. The van der Waals surface area contributed by atoms with E-state index in [2.05, 4.69) is 22.6 Å². The Kier molecular flexibility index (Phi) is 6.80. The van der Waals surface area contributed by atoms with E-state index in [0.29, 0.717) is 32.0 Å². The highest BCUT2D eigenvalue weighted by molar-refractivity contribution is 14.1. The number of carbonyl (C=O) groups is 2. The highest BCUT2D eigenvalue weighted by Gasteiger charge is 2.35. The number of hydrogen-bond donors (Lipinski definition) is 0. The third kappa shape index (κ3) is 4.27. The molecule has 0 radical (unpaired) electrons. The van der Waals surface area contributed by atoms with Gasteiger partial charge in [-0.3, -0.25) is 14.5 Å². The molecule has 9 heteroatoms. The smallest absolute Gasteiger partial charge is 0.293 e. The van der Waals surface area contributed by atoms with Crippen molar-refractivity contribution in [2.24, 2.45) is 0 Å². The topological polar surface area (TPSA) is 55.8 Å². The maximum Gasteiger partial charge on any atom is 0.293 e. The molecule has 0 aliphatic carbocycles. The van der Waals surface area contributed by atoms with Crippen molar-refractivity contribution in [3.63, 3.8) is 0 Å². The van der Waals surface area contributed by atoms with Gasteiger partial charge < -0.3 is 9.47 Å². The van der Waals surface area contributed by atoms with Gasteiger partial charge in [0.1, 0.15) is 0 Å². The van der Waals surface area contributed by atoms with E-state index >= 15 is 0 Å². The fourth-order valence-electron chi connectivity index (χ4n) is 2.65. The first-order valence-corrected chi connectivity index (χ1v) is 10.6. The van der Waals surface area contributed by atoms with Gasteiger partial charge in [0, 0.05) is 15.6 Å². The van der Waals surface area contributed by atoms with Crippen LogP contribution in [0.4, 0.5) is 4.79 Å². The fraction of sp³-hybridized carbons (Fsp3) is 0.158. The van der Waals surface area contributed by atoms with Crippen molar-refractivity contribution in [3.05, 3.63) is 60.0 Å². The van der Waals surface area contributed by atoms with Crippen LogP contribution in [0.2, 0.25) is 10.0 Å². The molecule has 0 bridgehead atoms. The molecule has 0 aromatic heterocycles. The van der Waals surface area contributed by atoms with Gasteiger partial charge in [-0.1, -0.05) is 29.3 Å². The molecule has 28 heavy (non-hydrogen) atoms. The number of amides is 2. The van der Waals surface area contributed by atoms with Crippen molar-refractivity contribution in [1.82, 2.24) is 4.90 Å². The Hall–Kier alpha value is -1.42. The van der Waals surface area contributed by atoms with Crippen LogP contribution in [0.5, 0.6) is 11.5 Å². The Morgan fingerprint density at radius 3 is 2.43 bits per heavy atom. The molecule has 0 saturated carbocycles. The second-order valence-electron chi connectivity index (χ2n) is 5.71. The summed E-state index contributed by atoms with van der Waals surface area (Å²) in [5, 5.41) is 0.442. The molecule has 2 aromatic carbocycles. The van der Waals surface area contributed by atoms with Gasteiger partial charge >= 0.3 is 0 Å². The number of thioether (sulfide) groups is 1. The second-order valence-corrected chi connectivity index (χ2v) is 8.68. The highest BCUT2D eigenvalue weighted by atomic mass is 127. The van der Waals surface area contributed by atoms with Crippen LogP contribution >= 0.6 is 57.6 Å². The van der Waals surface area contributed by atoms with Gasteiger partial charge in [-0.2, -0.15) is 0 Å². The van der Waals surface area contributed by atoms with E-state index in [4.69, 9.17) is 32.7 Å². The summed E-state index contributed by atoms with van der Waals surface area (Å²) in [5.41, 5.74) is 1.26. The third-order valence-corrected chi connectivity index (χ3v) is 6.42. The molecule has 0 N–H and O–H groups in total. The van der Waals surface area contributed by atoms with Crippen LogP contribution < -0.4 is 9.47 Å². The van der Waals surface area contributed by atoms with Crippen LogP contribution in [-0.4, -0.2) is 30.3 Å². The van der Waals surface area contributed by atoms with Gasteiger partial charge in [0.2, 0.25) is 0 Å². The molecule has 3 rings (SSSR count). The lowest BCUT2D eigenvalue weighted by atomic mass is 10.1. The molecule has 0 atom stereocenters. The Morgan fingerprint density at radius 1 is 1.14 bits per heavy atom. The van der Waals surface area contributed by atoms with Gasteiger partial charge in [-0.25, -0.2) is 0 Å². The fourth-order valence-corrected chi connectivity index (χ4v) is 4.85. The Morgan fingerprint density at radius 2 is 1.82 bits per heavy atom. The summed E-state index contributed by atoms with van der Waals surface area (Å²) in [7, 11) is 3.10. The highest BCUT2D eigenvalue weighted by Crippen LogP contribution is 2.38. The molecule has 1 heterocycles. The van der Waals surface area contributed by atoms with Crippen molar-refractivity contribution in [2.45, 2.75) is 6.54 Å². The lowest BCUT2D eigenvalue weighted by Gasteiger charge is -2.14. The van der Waals surface area contributed by atoms with E-state index in [1.807, 2.05) is 6.07 Å². The first-order chi connectivity index (χ1) is 13.3. The molecule has 0 unspecified atom stereocenters. The third-order valence-electron chi connectivity index (χ3n) is 4.01. The number of benzene rings is 2.